The van der Waals surface area contributed by atoms with Crippen molar-refractivity contribution >= 4 is 10.0 Å². The van der Waals surface area contributed by atoms with Gasteiger partial charge in [-0.25, -0.2) is 13.1 Å². The van der Waals surface area contributed by atoms with Crippen LogP contribution in [0, 0.1) is 0 Å². The van der Waals surface area contributed by atoms with E-state index in [0.717, 1.165) is 30.6 Å². The molecule has 0 saturated carbocycles. The van der Waals surface area contributed by atoms with Crippen LogP contribution in [0.3, 0.4) is 0 Å². The summed E-state index contributed by atoms with van der Waals surface area (Å²) >= 11 is 0. The van der Waals surface area contributed by atoms with Crippen molar-refractivity contribution in [3.8, 4) is 5.75 Å². The molecule has 1 aliphatic rings. The maximum Gasteiger partial charge on any atom is 0.240 e. The van der Waals surface area contributed by atoms with Crippen LogP contribution in [0.15, 0.2) is 23.1 Å². The van der Waals surface area contributed by atoms with Crippen molar-refractivity contribution in [3.05, 3.63) is 23.8 Å². The molecule has 5 nitrogen and oxygen atoms in total. The fourth-order valence-corrected chi connectivity index (χ4v) is 5.45. The van der Waals surface area contributed by atoms with Gasteiger partial charge in [-0.2, -0.15) is 0 Å². The monoisotopic (exact) mass is 396 g/mol. The highest BCUT2D eigenvalue weighted by Gasteiger charge is 2.39. The molecule has 0 bridgehead atoms. The zero-order chi connectivity index (χ0) is 20.5. The molecule has 0 unspecified atom stereocenters. The van der Waals surface area contributed by atoms with Crippen molar-refractivity contribution < 1.29 is 13.2 Å². The van der Waals surface area contributed by atoms with Gasteiger partial charge in [0.25, 0.3) is 0 Å². The fourth-order valence-electron chi connectivity index (χ4n) is 4.18. The van der Waals surface area contributed by atoms with Gasteiger partial charge in [-0.05, 0) is 76.6 Å². The summed E-state index contributed by atoms with van der Waals surface area (Å²) in [5, 5.41) is 3.59. The third kappa shape index (κ3) is 5.93. The van der Waals surface area contributed by atoms with Gasteiger partial charge in [-0.15, -0.1) is 0 Å². The minimum Gasteiger partial charge on any atom is -0.493 e. The van der Waals surface area contributed by atoms with Gasteiger partial charge in [0, 0.05) is 17.1 Å². The van der Waals surface area contributed by atoms with E-state index in [-0.39, 0.29) is 23.0 Å². The molecule has 1 saturated heterocycles. The third-order valence-electron chi connectivity index (χ3n) is 4.89. The molecule has 1 fully saturated rings. The Morgan fingerprint density at radius 3 is 2.30 bits per heavy atom. The van der Waals surface area contributed by atoms with Crippen LogP contribution in [0.25, 0.3) is 0 Å². The zero-order valence-electron chi connectivity index (χ0n) is 17.8. The van der Waals surface area contributed by atoms with Crippen molar-refractivity contribution in [3.63, 3.8) is 0 Å². The number of piperidine rings is 1. The highest BCUT2D eigenvalue weighted by atomic mass is 32.2. The second kappa shape index (κ2) is 8.10. The molecular formula is C21H36N2O3S. The Bertz CT molecular complexity index is 739. The van der Waals surface area contributed by atoms with E-state index in [0.29, 0.717) is 11.5 Å². The number of ether oxygens (including phenoxy) is 1. The van der Waals surface area contributed by atoms with Gasteiger partial charge in [0.1, 0.15) is 5.75 Å². The van der Waals surface area contributed by atoms with Crippen LogP contribution < -0.4 is 14.8 Å². The lowest BCUT2D eigenvalue weighted by Gasteiger charge is -2.46. The van der Waals surface area contributed by atoms with Gasteiger partial charge in [0.2, 0.25) is 10.0 Å². The molecule has 1 aromatic rings. The minimum absolute atomic E-state index is 0.0974. The zero-order valence-corrected chi connectivity index (χ0v) is 18.7. The van der Waals surface area contributed by atoms with E-state index < -0.39 is 10.0 Å². The average Bonchev–Trinajstić information content (AvgIpc) is 2.48. The number of nitrogens with one attached hydrogen (secondary N) is 2. The van der Waals surface area contributed by atoms with Crippen LogP contribution >= 0.6 is 0 Å². The summed E-state index contributed by atoms with van der Waals surface area (Å²) in [6.07, 6.45) is 2.43. The number of hydrogen-bond acceptors (Lipinski definition) is 4. The van der Waals surface area contributed by atoms with Gasteiger partial charge < -0.3 is 10.1 Å². The standard InChI is InChI=1S/C21H36N2O3S/c1-8-11-26-19-10-9-17(12-18(19)15(2)3)27(24,25)22-16-13-20(4,5)23-21(6,7)14-16/h9-10,12,15-16,22-23H,8,11,13-14H2,1-7H3. The molecule has 154 valence electrons. The van der Waals surface area contributed by atoms with Crippen LogP contribution in [0.4, 0.5) is 0 Å². The molecule has 2 N–H and O–H groups in total. The molecule has 6 heteroatoms. The van der Waals surface area contributed by atoms with Crippen molar-refractivity contribution in [2.75, 3.05) is 6.61 Å². The second-order valence-corrected chi connectivity index (χ2v) is 11.0. The summed E-state index contributed by atoms with van der Waals surface area (Å²) in [5.41, 5.74) is 0.698. The Hall–Kier alpha value is -1.11. The topological polar surface area (TPSA) is 67.4 Å². The summed E-state index contributed by atoms with van der Waals surface area (Å²) in [4.78, 5) is 0.309. The highest BCUT2D eigenvalue weighted by molar-refractivity contribution is 7.89. The molecular weight excluding hydrogens is 360 g/mol. The quantitative estimate of drug-likeness (QED) is 0.725. The van der Waals surface area contributed by atoms with Crippen LogP contribution in [0.1, 0.15) is 79.2 Å². The predicted molar refractivity (Wildman–Crippen MR) is 111 cm³/mol. The smallest absolute Gasteiger partial charge is 0.240 e. The maximum absolute atomic E-state index is 13.1. The minimum atomic E-state index is -3.59. The maximum atomic E-state index is 13.1. The Labute approximate surface area is 165 Å². The number of benzene rings is 1. The predicted octanol–water partition coefficient (Wildman–Crippen LogP) is 4.19. The molecule has 0 spiro atoms. The lowest BCUT2D eigenvalue weighted by atomic mass is 9.80. The van der Waals surface area contributed by atoms with Gasteiger partial charge >= 0.3 is 0 Å². The summed E-state index contributed by atoms with van der Waals surface area (Å²) in [7, 11) is -3.59. The number of rotatable bonds is 7. The van der Waals surface area contributed by atoms with Gasteiger partial charge in [-0.1, -0.05) is 20.8 Å². The molecule has 0 radical (unpaired) electrons. The highest BCUT2D eigenvalue weighted by Crippen LogP contribution is 2.32. The van der Waals surface area contributed by atoms with Crippen molar-refractivity contribution in [1.82, 2.24) is 10.0 Å². The Kier molecular flexibility index (Phi) is 6.65. The largest absolute Gasteiger partial charge is 0.493 e. The van der Waals surface area contributed by atoms with Gasteiger partial charge in [0.05, 0.1) is 11.5 Å². The molecule has 0 amide bonds. The second-order valence-electron chi connectivity index (χ2n) is 9.32. The van der Waals surface area contributed by atoms with Crippen molar-refractivity contribution in [2.24, 2.45) is 0 Å². The molecule has 0 aliphatic carbocycles. The summed E-state index contributed by atoms with van der Waals surface area (Å²) in [5.74, 6) is 0.957. The van der Waals surface area contributed by atoms with E-state index in [1.54, 1.807) is 18.2 Å². The Morgan fingerprint density at radius 1 is 1.19 bits per heavy atom. The molecule has 27 heavy (non-hydrogen) atoms. The van der Waals surface area contributed by atoms with Crippen molar-refractivity contribution in [1.29, 1.82) is 0 Å². The van der Waals surface area contributed by atoms with Gasteiger partial charge in [0.15, 0.2) is 0 Å². The molecule has 0 atom stereocenters. The summed E-state index contributed by atoms with van der Waals surface area (Å²) in [6.45, 7) is 15.3. The molecule has 1 heterocycles. The normalized spacial score (nSPS) is 20.0. The van der Waals surface area contributed by atoms with Gasteiger partial charge in [-0.3, -0.25) is 0 Å². The van der Waals surface area contributed by atoms with E-state index in [2.05, 4.69) is 58.5 Å². The van der Waals surface area contributed by atoms with Crippen LogP contribution in [-0.4, -0.2) is 32.1 Å². The number of hydrogen-bond donors (Lipinski definition) is 2. The first-order chi connectivity index (χ1) is 12.4. The summed E-state index contributed by atoms with van der Waals surface area (Å²) in [6, 6.07) is 5.10. The SMILES string of the molecule is CCCOc1ccc(S(=O)(=O)NC2CC(C)(C)NC(C)(C)C2)cc1C(C)C. The average molecular weight is 397 g/mol. The van der Waals surface area contributed by atoms with Crippen LogP contribution in [0.5, 0.6) is 5.75 Å². The fraction of sp³-hybridized carbons (Fsp3) is 0.714. The number of sulfonamides is 1. The van der Waals surface area contributed by atoms with Crippen LogP contribution in [0.2, 0.25) is 0 Å². The third-order valence-corrected chi connectivity index (χ3v) is 6.41. The van der Waals surface area contributed by atoms with E-state index in [1.807, 2.05) is 0 Å². The Morgan fingerprint density at radius 2 is 1.78 bits per heavy atom. The first-order valence-corrected chi connectivity index (χ1v) is 11.4. The summed E-state index contributed by atoms with van der Waals surface area (Å²) < 4.78 is 34.8. The van der Waals surface area contributed by atoms with E-state index in [9.17, 15) is 8.42 Å². The molecule has 1 aromatic carbocycles. The molecule has 2 rings (SSSR count). The lowest BCUT2D eigenvalue weighted by molar-refractivity contribution is 0.157. The molecule has 1 aliphatic heterocycles. The molecule has 0 aromatic heterocycles. The van der Waals surface area contributed by atoms with Crippen molar-refractivity contribution in [2.45, 2.75) is 95.7 Å². The van der Waals surface area contributed by atoms with Crippen LogP contribution in [-0.2, 0) is 10.0 Å². The van der Waals surface area contributed by atoms with E-state index in [4.69, 9.17) is 4.74 Å². The van der Waals surface area contributed by atoms with E-state index in [1.165, 1.54) is 0 Å². The Balaban J connectivity index is 2.27. The first-order valence-electron chi connectivity index (χ1n) is 9.94. The first kappa shape index (κ1) is 22.2. The van der Waals surface area contributed by atoms with E-state index >= 15 is 0 Å². The lowest BCUT2D eigenvalue weighted by Crippen LogP contribution is -2.62.